The highest BCUT2D eigenvalue weighted by atomic mass is 16.5. The largest absolute Gasteiger partial charge is 0.492 e. The number of benzene rings is 2. The molecule has 0 spiro atoms. The van der Waals surface area contributed by atoms with E-state index < -0.39 is 0 Å². The topological polar surface area (TPSA) is 42.0 Å². The molecule has 0 aromatic heterocycles. The van der Waals surface area contributed by atoms with Crippen molar-refractivity contribution in [3.8, 4) is 16.9 Å². The molecule has 2 aromatic rings. The zero-order valence-electron chi connectivity index (χ0n) is 17.7. The van der Waals surface area contributed by atoms with Gasteiger partial charge in [-0.15, -0.1) is 0 Å². The highest BCUT2D eigenvalue weighted by molar-refractivity contribution is 5.76. The summed E-state index contributed by atoms with van der Waals surface area (Å²) in [5.74, 6) is 1.02. The average Bonchev–Trinajstić information content (AvgIpc) is 3.18. The Morgan fingerprint density at radius 1 is 0.967 bits per heavy atom. The summed E-state index contributed by atoms with van der Waals surface area (Å²) in [5.41, 5.74) is 2.18. The van der Waals surface area contributed by atoms with Gasteiger partial charge in [-0.3, -0.25) is 9.69 Å². The van der Waals surface area contributed by atoms with E-state index in [1.165, 1.54) is 12.8 Å². The molecular formula is C25H32N2O3. The van der Waals surface area contributed by atoms with Crippen molar-refractivity contribution in [3.05, 3.63) is 54.6 Å². The smallest absolute Gasteiger partial charge is 0.226 e. The highest BCUT2D eigenvalue weighted by Gasteiger charge is 2.23. The molecule has 0 aliphatic carbocycles. The quantitative estimate of drug-likeness (QED) is 0.698. The summed E-state index contributed by atoms with van der Waals surface area (Å²) < 4.78 is 11.8. The summed E-state index contributed by atoms with van der Waals surface area (Å²) in [4.78, 5) is 17.2. The van der Waals surface area contributed by atoms with E-state index in [2.05, 4.69) is 23.1 Å². The number of para-hydroxylation sites is 1. The number of hydrogen-bond donors (Lipinski definition) is 0. The van der Waals surface area contributed by atoms with Crippen molar-refractivity contribution in [1.29, 1.82) is 0 Å². The molecule has 1 amide bonds. The van der Waals surface area contributed by atoms with Gasteiger partial charge in [0.05, 0.1) is 19.1 Å². The minimum absolute atomic E-state index is 0.186. The molecule has 0 bridgehead atoms. The number of hydrogen-bond acceptors (Lipinski definition) is 4. The maximum atomic E-state index is 12.7. The van der Waals surface area contributed by atoms with Crippen LogP contribution in [0.15, 0.2) is 54.6 Å². The van der Waals surface area contributed by atoms with Crippen LogP contribution in [0.1, 0.15) is 25.7 Å². The van der Waals surface area contributed by atoms with Crippen LogP contribution in [0.3, 0.4) is 0 Å². The summed E-state index contributed by atoms with van der Waals surface area (Å²) in [5, 5.41) is 0. The summed E-state index contributed by atoms with van der Waals surface area (Å²) in [7, 11) is 0. The van der Waals surface area contributed by atoms with Gasteiger partial charge in [-0.2, -0.15) is 0 Å². The minimum atomic E-state index is 0.186. The lowest BCUT2D eigenvalue weighted by Crippen LogP contribution is -2.37. The average molecular weight is 409 g/mol. The lowest BCUT2D eigenvalue weighted by Gasteiger charge is -2.24. The van der Waals surface area contributed by atoms with E-state index in [9.17, 15) is 4.79 Å². The lowest BCUT2D eigenvalue weighted by atomic mass is 10.1. The number of carbonyl (C=O) groups is 1. The highest BCUT2D eigenvalue weighted by Crippen LogP contribution is 2.29. The molecule has 2 aromatic carbocycles. The van der Waals surface area contributed by atoms with Gasteiger partial charge in [-0.1, -0.05) is 48.5 Å². The van der Waals surface area contributed by atoms with Crippen LogP contribution in [0, 0.1) is 0 Å². The second-order valence-electron chi connectivity index (χ2n) is 8.13. The van der Waals surface area contributed by atoms with Gasteiger partial charge in [-0.05, 0) is 37.4 Å². The molecule has 2 saturated heterocycles. The zero-order valence-corrected chi connectivity index (χ0v) is 17.7. The fraction of sp³-hybridized carbons (Fsp3) is 0.480. The molecule has 2 aliphatic rings. The summed E-state index contributed by atoms with van der Waals surface area (Å²) in [6.45, 7) is 5.91. The molecule has 2 fully saturated rings. The van der Waals surface area contributed by atoms with Gasteiger partial charge in [0.1, 0.15) is 5.75 Å². The van der Waals surface area contributed by atoms with Crippen LogP contribution in [0.4, 0.5) is 0 Å². The van der Waals surface area contributed by atoms with Crippen LogP contribution in [0.25, 0.3) is 11.1 Å². The molecule has 0 N–H and O–H groups in total. The van der Waals surface area contributed by atoms with Gasteiger partial charge in [0.15, 0.2) is 0 Å². The van der Waals surface area contributed by atoms with E-state index in [4.69, 9.17) is 9.47 Å². The third kappa shape index (κ3) is 5.61. The third-order valence-corrected chi connectivity index (χ3v) is 5.97. The van der Waals surface area contributed by atoms with E-state index in [1.807, 2.05) is 41.3 Å². The molecular weight excluding hydrogens is 376 g/mol. The first-order chi connectivity index (χ1) is 14.8. The van der Waals surface area contributed by atoms with Crippen LogP contribution >= 0.6 is 0 Å². The Morgan fingerprint density at radius 3 is 2.63 bits per heavy atom. The van der Waals surface area contributed by atoms with Crippen molar-refractivity contribution in [1.82, 2.24) is 9.80 Å². The number of nitrogens with zero attached hydrogens (tertiary/aromatic N) is 2. The number of rotatable bonds is 7. The molecule has 4 rings (SSSR count). The van der Waals surface area contributed by atoms with E-state index in [0.29, 0.717) is 19.1 Å². The maximum Gasteiger partial charge on any atom is 0.226 e. The first-order valence-corrected chi connectivity index (χ1v) is 11.2. The van der Waals surface area contributed by atoms with Gasteiger partial charge < -0.3 is 14.4 Å². The molecule has 2 heterocycles. The van der Waals surface area contributed by atoms with Gasteiger partial charge in [0.25, 0.3) is 0 Å². The Bertz CT molecular complexity index is 805. The third-order valence-electron chi connectivity index (χ3n) is 5.97. The predicted octanol–water partition coefficient (Wildman–Crippen LogP) is 3.84. The Balaban J connectivity index is 1.25. The van der Waals surface area contributed by atoms with E-state index >= 15 is 0 Å². The van der Waals surface area contributed by atoms with Crippen molar-refractivity contribution >= 4 is 5.91 Å². The second kappa shape index (κ2) is 10.6. The van der Waals surface area contributed by atoms with Gasteiger partial charge in [-0.25, -0.2) is 0 Å². The van der Waals surface area contributed by atoms with Crippen LogP contribution in [-0.2, 0) is 9.53 Å². The molecule has 2 aliphatic heterocycles. The molecule has 30 heavy (non-hydrogen) atoms. The van der Waals surface area contributed by atoms with E-state index in [1.54, 1.807) is 0 Å². The summed E-state index contributed by atoms with van der Waals surface area (Å²) in [6, 6.07) is 18.2. The SMILES string of the molecule is O=C(CCOc1ccccc1-c1ccccc1)N1CCCN(CC2CCCO2)CC1. The molecule has 1 atom stereocenters. The minimum Gasteiger partial charge on any atom is -0.492 e. The number of amides is 1. The Labute approximate surface area is 179 Å². The first-order valence-electron chi connectivity index (χ1n) is 11.2. The zero-order chi connectivity index (χ0) is 20.6. The van der Waals surface area contributed by atoms with Crippen molar-refractivity contribution in [3.63, 3.8) is 0 Å². The molecule has 5 heteroatoms. The van der Waals surface area contributed by atoms with Crippen LogP contribution < -0.4 is 4.74 Å². The van der Waals surface area contributed by atoms with Crippen molar-refractivity contribution < 1.29 is 14.3 Å². The maximum absolute atomic E-state index is 12.7. The monoisotopic (exact) mass is 408 g/mol. The van der Waals surface area contributed by atoms with Gasteiger partial charge >= 0.3 is 0 Å². The van der Waals surface area contributed by atoms with Crippen LogP contribution in [-0.4, -0.2) is 67.7 Å². The fourth-order valence-electron chi connectivity index (χ4n) is 4.33. The standard InChI is InChI=1S/C25H32N2O3/c28-25(27-15-7-14-26(16-17-27)20-22-10-6-18-29-22)13-19-30-24-12-5-4-11-23(24)21-8-2-1-3-9-21/h1-5,8-9,11-12,22H,6-7,10,13-20H2. The predicted molar refractivity (Wildman–Crippen MR) is 119 cm³/mol. The van der Waals surface area contributed by atoms with Crippen LogP contribution in [0.2, 0.25) is 0 Å². The number of carbonyl (C=O) groups excluding carboxylic acids is 1. The molecule has 1 unspecified atom stereocenters. The Kier molecular flexibility index (Phi) is 7.38. The molecule has 0 radical (unpaired) electrons. The second-order valence-corrected chi connectivity index (χ2v) is 8.13. The summed E-state index contributed by atoms with van der Waals surface area (Å²) >= 11 is 0. The number of ether oxygens (including phenoxy) is 2. The Hall–Kier alpha value is -2.37. The Morgan fingerprint density at radius 2 is 1.80 bits per heavy atom. The van der Waals surface area contributed by atoms with Crippen molar-refractivity contribution in [2.45, 2.75) is 31.8 Å². The molecule has 160 valence electrons. The molecule has 0 saturated carbocycles. The van der Waals surface area contributed by atoms with Gasteiger partial charge in [0.2, 0.25) is 5.91 Å². The van der Waals surface area contributed by atoms with Gasteiger partial charge in [0, 0.05) is 38.3 Å². The van der Waals surface area contributed by atoms with E-state index in [-0.39, 0.29) is 5.91 Å². The first kappa shape index (κ1) is 20.9. The molecule has 5 nitrogen and oxygen atoms in total. The fourth-order valence-corrected chi connectivity index (χ4v) is 4.33. The van der Waals surface area contributed by atoms with E-state index in [0.717, 1.165) is 62.6 Å². The normalized spacial score (nSPS) is 20.1. The lowest BCUT2D eigenvalue weighted by molar-refractivity contribution is -0.131. The van der Waals surface area contributed by atoms with Crippen molar-refractivity contribution in [2.75, 3.05) is 45.9 Å². The van der Waals surface area contributed by atoms with Crippen LogP contribution in [0.5, 0.6) is 5.75 Å². The summed E-state index contributed by atoms with van der Waals surface area (Å²) in [6.07, 6.45) is 4.16. The van der Waals surface area contributed by atoms with Crippen molar-refractivity contribution in [2.24, 2.45) is 0 Å².